The van der Waals surface area contributed by atoms with E-state index in [1.54, 1.807) is 6.92 Å². The third kappa shape index (κ3) is 3.58. The predicted octanol–water partition coefficient (Wildman–Crippen LogP) is 4.30. The van der Waals surface area contributed by atoms with Gasteiger partial charge < -0.3 is 19.3 Å². The number of hydrogen-bond donors (Lipinski definition) is 1. The Labute approximate surface area is 163 Å². The van der Waals surface area contributed by atoms with E-state index in [4.69, 9.17) is 14.0 Å². The molecule has 6 nitrogen and oxygen atoms in total. The number of benzene rings is 2. The number of aryl methyl sites for hydroxylation is 1. The topological polar surface area (TPSA) is 73.6 Å². The van der Waals surface area contributed by atoms with E-state index in [-0.39, 0.29) is 11.9 Å². The maximum atomic E-state index is 13.0. The van der Waals surface area contributed by atoms with Crippen LogP contribution in [0.3, 0.4) is 0 Å². The van der Waals surface area contributed by atoms with Gasteiger partial charge in [-0.1, -0.05) is 41.6 Å². The average Bonchev–Trinajstić information content (AvgIpc) is 2.95. The number of nitrogens with zero attached hydrogens (tertiary/aromatic N) is 1. The summed E-state index contributed by atoms with van der Waals surface area (Å²) in [7, 11) is 0. The number of rotatable bonds is 4. The highest BCUT2D eigenvalue weighted by Crippen LogP contribution is 2.32. The first kappa shape index (κ1) is 18.1. The summed E-state index contributed by atoms with van der Waals surface area (Å²) in [5, 5.41) is 7.12. The summed E-state index contributed by atoms with van der Waals surface area (Å²) < 4.78 is 16.7. The summed E-state index contributed by atoms with van der Waals surface area (Å²) in [4.78, 5) is 13.0. The Morgan fingerprint density at radius 3 is 2.61 bits per heavy atom. The van der Waals surface area contributed by atoms with Crippen molar-refractivity contribution in [3.63, 3.8) is 0 Å². The molecule has 4 rings (SSSR count). The van der Waals surface area contributed by atoms with Gasteiger partial charge in [0.15, 0.2) is 11.5 Å². The number of fused-ring (bicyclic) bond motifs is 1. The van der Waals surface area contributed by atoms with Gasteiger partial charge in [-0.2, -0.15) is 0 Å². The van der Waals surface area contributed by atoms with Crippen LogP contribution >= 0.6 is 0 Å². The molecule has 0 fully saturated rings. The van der Waals surface area contributed by atoms with Gasteiger partial charge in [0.1, 0.15) is 17.0 Å². The lowest BCUT2D eigenvalue weighted by Crippen LogP contribution is -2.27. The monoisotopic (exact) mass is 378 g/mol. The Morgan fingerprint density at radius 2 is 1.82 bits per heavy atom. The van der Waals surface area contributed by atoms with Gasteiger partial charge in [0.05, 0.1) is 19.3 Å². The highest BCUT2D eigenvalue weighted by Gasteiger charge is 2.23. The number of carbonyl (C=O) groups is 1. The standard InChI is InChI=1S/C22H22N2O4/c1-14(17-9-10-18-19(13-17)27-12-6-11-26-18)23-22(25)20-15(2)28-24-21(20)16-7-4-3-5-8-16/h3-5,7-10,13-14H,6,11-12H2,1-2H3,(H,23,25)/t14-/m0/s1. The van der Waals surface area contributed by atoms with Crippen LogP contribution in [0.2, 0.25) is 0 Å². The molecule has 0 radical (unpaired) electrons. The van der Waals surface area contributed by atoms with E-state index in [1.807, 2.05) is 55.5 Å². The molecule has 1 atom stereocenters. The number of amides is 1. The van der Waals surface area contributed by atoms with Crippen LogP contribution in [0.4, 0.5) is 0 Å². The molecule has 1 aromatic heterocycles. The molecule has 2 aromatic carbocycles. The van der Waals surface area contributed by atoms with Crippen LogP contribution in [0.5, 0.6) is 11.5 Å². The number of carbonyl (C=O) groups excluding carboxylic acids is 1. The second kappa shape index (κ2) is 7.76. The summed E-state index contributed by atoms with van der Waals surface area (Å²) in [6.07, 6.45) is 0.853. The first-order valence-corrected chi connectivity index (χ1v) is 9.35. The van der Waals surface area contributed by atoms with E-state index < -0.39 is 0 Å². The van der Waals surface area contributed by atoms with Crippen molar-refractivity contribution in [1.82, 2.24) is 10.5 Å². The highest BCUT2D eigenvalue weighted by molar-refractivity contribution is 6.00. The van der Waals surface area contributed by atoms with Crippen molar-refractivity contribution < 1.29 is 18.8 Å². The molecule has 0 saturated heterocycles. The van der Waals surface area contributed by atoms with Crippen molar-refractivity contribution in [2.45, 2.75) is 26.3 Å². The van der Waals surface area contributed by atoms with Crippen molar-refractivity contribution >= 4 is 5.91 Å². The van der Waals surface area contributed by atoms with Crippen LogP contribution in [0.1, 0.15) is 41.1 Å². The van der Waals surface area contributed by atoms with Gasteiger partial charge in [0.25, 0.3) is 5.91 Å². The van der Waals surface area contributed by atoms with Gasteiger partial charge in [-0.25, -0.2) is 0 Å². The minimum Gasteiger partial charge on any atom is -0.490 e. The lowest BCUT2D eigenvalue weighted by Gasteiger charge is -2.16. The van der Waals surface area contributed by atoms with Crippen molar-refractivity contribution in [1.29, 1.82) is 0 Å². The van der Waals surface area contributed by atoms with Gasteiger partial charge in [-0.3, -0.25) is 4.79 Å². The maximum Gasteiger partial charge on any atom is 0.257 e. The zero-order valence-electron chi connectivity index (χ0n) is 15.9. The minimum absolute atomic E-state index is 0.220. The minimum atomic E-state index is -0.225. The normalized spacial score (nSPS) is 14.2. The lowest BCUT2D eigenvalue weighted by molar-refractivity contribution is 0.0939. The first-order chi connectivity index (χ1) is 13.6. The molecule has 28 heavy (non-hydrogen) atoms. The van der Waals surface area contributed by atoms with Crippen LogP contribution < -0.4 is 14.8 Å². The fourth-order valence-corrected chi connectivity index (χ4v) is 3.23. The molecule has 2 heterocycles. The van der Waals surface area contributed by atoms with Crippen molar-refractivity contribution in [3.05, 3.63) is 65.4 Å². The third-order valence-corrected chi connectivity index (χ3v) is 4.76. The summed E-state index contributed by atoms with van der Waals surface area (Å²) in [5.41, 5.74) is 2.77. The Morgan fingerprint density at radius 1 is 1.07 bits per heavy atom. The molecule has 0 unspecified atom stereocenters. The van der Waals surface area contributed by atoms with Gasteiger partial charge in [-0.05, 0) is 31.5 Å². The van der Waals surface area contributed by atoms with Crippen LogP contribution in [-0.4, -0.2) is 24.3 Å². The predicted molar refractivity (Wildman–Crippen MR) is 105 cm³/mol. The van der Waals surface area contributed by atoms with E-state index in [2.05, 4.69) is 10.5 Å². The molecular formula is C22H22N2O4. The first-order valence-electron chi connectivity index (χ1n) is 9.35. The molecule has 0 saturated carbocycles. The number of hydrogen-bond acceptors (Lipinski definition) is 5. The van der Waals surface area contributed by atoms with E-state index in [1.165, 1.54) is 0 Å². The Balaban J connectivity index is 1.56. The quantitative estimate of drug-likeness (QED) is 0.733. The molecule has 144 valence electrons. The largest absolute Gasteiger partial charge is 0.490 e. The van der Waals surface area contributed by atoms with Gasteiger partial charge in [0.2, 0.25) is 0 Å². The molecule has 1 aliphatic heterocycles. The van der Waals surface area contributed by atoms with Crippen molar-refractivity contribution in [3.8, 4) is 22.8 Å². The number of aromatic nitrogens is 1. The molecule has 0 bridgehead atoms. The molecule has 1 amide bonds. The molecule has 3 aromatic rings. The van der Waals surface area contributed by atoms with E-state index >= 15 is 0 Å². The smallest absolute Gasteiger partial charge is 0.257 e. The molecule has 6 heteroatoms. The van der Waals surface area contributed by atoms with Gasteiger partial charge >= 0.3 is 0 Å². The van der Waals surface area contributed by atoms with E-state index in [0.717, 1.165) is 23.3 Å². The van der Waals surface area contributed by atoms with Crippen LogP contribution in [0.15, 0.2) is 53.1 Å². The summed E-state index contributed by atoms with van der Waals surface area (Å²) >= 11 is 0. The second-order valence-corrected chi connectivity index (χ2v) is 6.78. The molecule has 0 spiro atoms. The molecule has 0 aliphatic carbocycles. The number of ether oxygens (including phenoxy) is 2. The van der Waals surface area contributed by atoms with Crippen LogP contribution in [0, 0.1) is 6.92 Å². The fraction of sp³-hybridized carbons (Fsp3) is 0.273. The van der Waals surface area contributed by atoms with E-state index in [9.17, 15) is 4.79 Å². The SMILES string of the molecule is Cc1onc(-c2ccccc2)c1C(=O)N[C@@H](C)c1ccc2c(c1)OCCCO2. The van der Waals surface area contributed by atoms with Gasteiger partial charge in [-0.15, -0.1) is 0 Å². The maximum absolute atomic E-state index is 13.0. The van der Waals surface area contributed by atoms with Crippen LogP contribution in [-0.2, 0) is 0 Å². The highest BCUT2D eigenvalue weighted by atomic mass is 16.5. The Bertz CT molecular complexity index is 981. The van der Waals surface area contributed by atoms with Crippen LogP contribution in [0.25, 0.3) is 11.3 Å². The summed E-state index contributed by atoms with van der Waals surface area (Å²) in [6.45, 7) is 4.94. The van der Waals surface area contributed by atoms with E-state index in [0.29, 0.717) is 36.0 Å². The molecular weight excluding hydrogens is 356 g/mol. The Kier molecular flexibility index (Phi) is 5.02. The van der Waals surface area contributed by atoms with Crippen molar-refractivity contribution in [2.24, 2.45) is 0 Å². The molecule has 1 N–H and O–H groups in total. The van der Waals surface area contributed by atoms with Crippen molar-refractivity contribution in [2.75, 3.05) is 13.2 Å². The summed E-state index contributed by atoms with van der Waals surface area (Å²) in [6, 6.07) is 15.1. The molecule has 1 aliphatic rings. The zero-order chi connectivity index (χ0) is 19.5. The second-order valence-electron chi connectivity index (χ2n) is 6.78. The zero-order valence-corrected chi connectivity index (χ0v) is 15.9. The average molecular weight is 378 g/mol. The van der Waals surface area contributed by atoms with Gasteiger partial charge in [0, 0.05) is 12.0 Å². The summed E-state index contributed by atoms with van der Waals surface area (Å²) in [5.74, 6) is 1.71. The lowest BCUT2D eigenvalue weighted by atomic mass is 10.0. The number of nitrogens with one attached hydrogen (secondary N) is 1. The fourth-order valence-electron chi connectivity index (χ4n) is 3.23. The third-order valence-electron chi connectivity index (χ3n) is 4.76. The Hall–Kier alpha value is -3.28.